The van der Waals surface area contributed by atoms with Crippen molar-refractivity contribution in [2.75, 3.05) is 13.1 Å². The molecule has 2 N–H and O–H groups in total. The maximum Gasteiger partial charge on any atom is 0.408 e. The molecule has 3 atom stereocenters. The van der Waals surface area contributed by atoms with Crippen molar-refractivity contribution in [1.82, 2.24) is 9.62 Å². The number of nitrogens with one attached hydrogen (secondary N) is 1. The molecule has 8 nitrogen and oxygen atoms in total. The molecule has 1 aliphatic rings. The van der Waals surface area contributed by atoms with E-state index in [4.69, 9.17) is 9.15 Å². The van der Waals surface area contributed by atoms with Gasteiger partial charge >= 0.3 is 6.09 Å². The van der Waals surface area contributed by atoms with Gasteiger partial charge < -0.3 is 19.6 Å². The lowest BCUT2D eigenvalue weighted by molar-refractivity contribution is 0.0436. The topological polar surface area (TPSA) is 109 Å². The van der Waals surface area contributed by atoms with Crippen molar-refractivity contribution < 1.29 is 27.5 Å². The molecule has 1 amide bonds. The van der Waals surface area contributed by atoms with Crippen LogP contribution in [0.5, 0.6) is 0 Å². The highest BCUT2D eigenvalue weighted by molar-refractivity contribution is 7.89. The summed E-state index contributed by atoms with van der Waals surface area (Å²) >= 11 is 0. The normalized spacial score (nSPS) is 21.4. The summed E-state index contributed by atoms with van der Waals surface area (Å²) in [6, 6.07) is 9.15. The van der Waals surface area contributed by atoms with Crippen molar-refractivity contribution >= 4 is 16.1 Å². The number of ether oxygens (including phenoxy) is 1. The lowest BCUT2D eigenvalue weighted by atomic mass is 9.94. The molecule has 1 aromatic heterocycles. The van der Waals surface area contributed by atoms with Gasteiger partial charge in [-0.05, 0) is 52.0 Å². The average Bonchev–Trinajstić information content (AvgIpc) is 3.29. The van der Waals surface area contributed by atoms with Gasteiger partial charge in [-0.15, -0.1) is 0 Å². The Morgan fingerprint density at radius 1 is 1.23 bits per heavy atom. The number of aliphatic hydroxyl groups excluding tert-OH is 1. The predicted octanol–water partition coefficient (Wildman–Crippen LogP) is 2.84. The number of aliphatic hydroxyl groups is 1. The third kappa shape index (κ3) is 5.03. The quantitative estimate of drug-likeness (QED) is 0.746. The highest BCUT2D eigenvalue weighted by Gasteiger charge is 2.44. The van der Waals surface area contributed by atoms with Crippen LogP contribution in [-0.2, 0) is 14.8 Å². The van der Waals surface area contributed by atoms with Crippen molar-refractivity contribution in [1.29, 1.82) is 0 Å². The number of rotatable bonds is 5. The number of hydrogen-bond donors (Lipinski definition) is 2. The van der Waals surface area contributed by atoms with Crippen LogP contribution in [0.25, 0.3) is 0 Å². The first-order valence-electron chi connectivity index (χ1n) is 9.75. The van der Waals surface area contributed by atoms with Gasteiger partial charge in [-0.3, -0.25) is 0 Å². The molecule has 1 saturated heterocycles. The zero-order valence-corrected chi connectivity index (χ0v) is 18.3. The van der Waals surface area contributed by atoms with Crippen LogP contribution in [-0.4, -0.2) is 48.7 Å². The number of sulfonamides is 1. The van der Waals surface area contributed by atoms with Gasteiger partial charge in [0.25, 0.3) is 0 Å². The number of benzene rings is 1. The predicted molar refractivity (Wildman–Crippen MR) is 110 cm³/mol. The molecular weight excluding hydrogens is 408 g/mol. The second kappa shape index (κ2) is 8.41. The van der Waals surface area contributed by atoms with Crippen LogP contribution in [0.1, 0.15) is 38.1 Å². The number of aryl methyl sites for hydroxylation is 1. The highest BCUT2D eigenvalue weighted by atomic mass is 32.2. The molecule has 1 aliphatic heterocycles. The van der Waals surface area contributed by atoms with Gasteiger partial charge in [0.1, 0.15) is 11.4 Å². The molecule has 0 unspecified atom stereocenters. The molecule has 0 spiro atoms. The molecular formula is C21H28N2O6S. The van der Waals surface area contributed by atoms with Gasteiger partial charge in [0.05, 0.1) is 23.3 Å². The number of hydrogen-bond acceptors (Lipinski definition) is 6. The van der Waals surface area contributed by atoms with E-state index in [9.17, 15) is 18.3 Å². The second-order valence-corrected chi connectivity index (χ2v) is 10.4. The molecule has 1 aromatic carbocycles. The van der Waals surface area contributed by atoms with E-state index < -0.39 is 39.8 Å². The Morgan fingerprint density at radius 3 is 2.47 bits per heavy atom. The summed E-state index contributed by atoms with van der Waals surface area (Å²) in [6.07, 6.45) is -0.201. The van der Waals surface area contributed by atoms with E-state index in [-0.39, 0.29) is 18.0 Å². The summed E-state index contributed by atoms with van der Waals surface area (Å²) in [5.74, 6) is -0.191. The summed E-state index contributed by atoms with van der Waals surface area (Å²) in [6.45, 7) is 7.06. The number of alkyl carbamates (subject to hydrolysis) is 1. The number of β-amino-alcohol motifs (C(OH)–C–C–N with tert-alkyl or cyclic N) is 1. The smallest absolute Gasteiger partial charge is 0.408 e. The van der Waals surface area contributed by atoms with Crippen molar-refractivity contribution in [2.24, 2.45) is 5.92 Å². The Kier molecular flexibility index (Phi) is 6.26. The minimum Gasteiger partial charge on any atom is -0.467 e. The van der Waals surface area contributed by atoms with Gasteiger partial charge in [-0.25, -0.2) is 13.2 Å². The van der Waals surface area contributed by atoms with Gasteiger partial charge in [0, 0.05) is 19.0 Å². The molecule has 2 aromatic rings. The second-order valence-electron chi connectivity index (χ2n) is 8.51. The molecule has 0 aliphatic carbocycles. The zero-order valence-electron chi connectivity index (χ0n) is 17.5. The van der Waals surface area contributed by atoms with Crippen LogP contribution in [0.4, 0.5) is 4.79 Å². The molecule has 2 heterocycles. The summed E-state index contributed by atoms with van der Waals surface area (Å²) in [7, 11) is -3.78. The molecule has 0 saturated carbocycles. The first kappa shape index (κ1) is 22.3. The first-order valence-corrected chi connectivity index (χ1v) is 11.2. The lowest BCUT2D eigenvalue weighted by Crippen LogP contribution is -2.40. The fraction of sp³-hybridized carbons (Fsp3) is 0.476. The Bertz CT molecular complexity index is 964. The van der Waals surface area contributed by atoms with Crippen LogP contribution >= 0.6 is 0 Å². The van der Waals surface area contributed by atoms with E-state index in [1.807, 2.05) is 6.92 Å². The third-order valence-corrected chi connectivity index (χ3v) is 6.75. The minimum absolute atomic E-state index is 0.0263. The van der Waals surface area contributed by atoms with Crippen molar-refractivity contribution in [3.05, 3.63) is 54.0 Å². The van der Waals surface area contributed by atoms with Crippen molar-refractivity contribution in [2.45, 2.75) is 50.3 Å². The summed E-state index contributed by atoms with van der Waals surface area (Å²) in [5.41, 5.74) is 0.250. The molecule has 0 bridgehead atoms. The monoisotopic (exact) mass is 436 g/mol. The van der Waals surface area contributed by atoms with E-state index in [0.717, 1.165) is 5.56 Å². The molecule has 1 fully saturated rings. The fourth-order valence-corrected chi connectivity index (χ4v) is 4.95. The Hall–Kier alpha value is -2.36. The van der Waals surface area contributed by atoms with Crippen LogP contribution in [0.3, 0.4) is 0 Å². The van der Waals surface area contributed by atoms with E-state index >= 15 is 0 Å². The van der Waals surface area contributed by atoms with Crippen molar-refractivity contribution in [3.8, 4) is 0 Å². The summed E-state index contributed by atoms with van der Waals surface area (Å²) in [5, 5.41) is 13.4. The average molecular weight is 437 g/mol. The van der Waals surface area contributed by atoms with Gasteiger partial charge in [0.15, 0.2) is 0 Å². The van der Waals surface area contributed by atoms with Crippen LogP contribution in [0.15, 0.2) is 52.0 Å². The maximum atomic E-state index is 13.0. The Labute approximate surface area is 176 Å². The molecule has 30 heavy (non-hydrogen) atoms. The molecule has 164 valence electrons. The van der Waals surface area contributed by atoms with Crippen LogP contribution < -0.4 is 5.32 Å². The largest absolute Gasteiger partial charge is 0.467 e. The Balaban J connectivity index is 1.83. The standard InChI is InChI=1S/C21H28N2O6S/c1-14-7-9-15(10-8-14)30(26,27)23-12-16(17(24)13-23)19(18-6-5-11-28-18)22-20(25)29-21(2,3)4/h5-11,16-17,19,24H,12-13H2,1-4H3,(H,22,25)/t16-,17+,19+/m0/s1. The summed E-state index contributed by atoms with van der Waals surface area (Å²) < 4.78 is 38.1. The Morgan fingerprint density at radius 2 is 1.90 bits per heavy atom. The minimum atomic E-state index is -3.78. The maximum absolute atomic E-state index is 13.0. The van der Waals surface area contributed by atoms with Crippen LogP contribution in [0.2, 0.25) is 0 Å². The first-order chi connectivity index (χ1) is 14.0. The fourth-order valence-electron chi connectivity index (χ4n) is 3.45. The van der Waals surface area contributed by atoms with E-state index in [2.05, 4.69) is 5.32 Å². The van der Waals surface area contributed by atoms with Crippen molar-refractivity contribution in [3.63, 3.8) is 0 Å². The SMILES string of the molecule is Cc1ccc(S(=O)(=O)N2C[C@H]([C@@H](NC(=O)OC(C)(C)C)c3ccco3)[C@H](O)C2)cc1. The van der Waals surface area contributed by atoms with E-state index in [1.54, 1.807) is 57.2 Å². The van der Waals surface area contributed by atoms with E-state index in [0.29, 0.717) is 5.76 Å². The zero-order chi connectivity index (χ0) is 22.1. The molecule has 3 rings (SSSR count). The van der Waals surface area contributed by atoms with E-state index in [1.165, 1.54) is 10.6 Å². The number of amides is 1. The number of furan rings is 1. The number of nitrogens with zero attached hydrogens (tertiary/aromatic N) is 1. The highest BCUT2D eigenvalue weighted by Crippen LogP contribution is 2.34. The number of carbonyl (C=O) groups excluding carboxylic acids is 1. The molecule has 9 heteroatoms. The van der Waals surface area contributed by atoms with Gasteiger partial charge in [-0.2, -0.15) is 4.31 Å². The summed E-state index contributed by atoms with van der Waals surface area (Å²) in [4.78, 5) is 12.5. The van der Waals surface area contributed by atoms with Gasteiger partial charge in [-0.1, -0.05) is 17.7 Å². The van der Waals surface area contributed by atoms with Gasteiger partial charge in [0.2, 0.25) is 10.0 Å². The molecule has 0 radical (unpaired) electrons. The third-order valence-electron chi connectivity index (χ3n) is 4.91. The lowest BCUT2D eigenvalue weighted by Gasteiger charge is -2.27. The van der Waals surface area contributed by atoms with Crippen LogP contribution in [0, 0.1) is 12.8 Å². The number of carbonyl (C=O) groups is 1.